The van der Waals surface area contributed by atoms with Gasteiger partial charge in [0.15, 0.2) is 37.0 Å². The van der Waals surface area contributed by atoms with E-state index in [0.717, 1.165) is 88.9 Å². The number of sulfone groups is 2. The van der Waals surface area contributed by atoms with E-state index in [0.29, 0.717) is 81.2 Å². The molecule has 0 aliphatic carbocycles. The summed E-state index contributed by atoms with van der Waals surface area (Å²) >= 11 is 21.6. The first kappa shape index (κ1) is 147. The standard InChI is InChI=1S/C15H20O3S.C15H20OS.C14H18O4S.C13H19ClS.C13H20OS.C13H18OS.C13H18S.C8H10S.C5H8O.CH4.Al.B.ClO.3ClH.2Na.2H2O.H/c1-5-12-6-7-19(17,18)15-9(2)8-13(11(4)16)10(3)14(12)15;1-5-12-6-7-17-15-9(2)8-13(11(4)16)10(3)14(12)15;1-4-10-5-6-19(17,18)13-8(2)7-11(14(15)16)9(3)12(10)13;3*1-4-12(14)7-8-15-13-9-10(2)5-6-11(13)3;1-4-11-7-8-14-13-10(3)6-5-9(2)12(11)13;1-6-3-4-7(2)8(9)5-6;1-3-5(6)4-2;;;;1-2;;;;;;;;/h8,12H,5-7H2,1-4H3;8,12H,5-7H2,1-4H3;7,10H,4-6H2,1-3H3,(H,15,16);5-6,9,12H,4,7-8H2,1-3H3;5-6,9,12,14H,4,7-8H2,1-3H3;5-6,9H,4,7-8H2,1-3H3;5-6,11H,4,7-8H2,1-3H3;3-5,9H,1-2H3;3H,1,4H2,2H3;1H4;;;;3*1H;;;2*1H2;/q;;;;;;;;;;+3;;-1;;;;2*+1;;;-1/p-3. The number of rotatable bonds is 24. The largest absolute Gasteiger partial charge is 1.00 e. The average molecular weight is 2220 g/mol. The number of aromatic carboxylic acids is 1. The van der Waals surface area contributed by atoms with Crippen molar-refractivity contribution in [1.82, 2.24) is 0 Å². The van der Waals surface area contributed by atoms with Gasteiger partial charge in [-0.2, -0.15) is 0 Å². The van der Waals surface area contributed by atoms with E-state index in [-0.39, 0.29) is 140 Å². The molecule has 4 heterocycles. The first-order valence-electron chi connectivity index (χ1n) is 46.9. The van der Waals surface area contributed by atoms with Gasteiger partial charge in [-0.05, 0) is 380 Å². The molecule has 0 bridgehead atoms. The Labute approximate surface area is 952 Å². The monoisotopic (exact) mass is 2220 g/mol. The van der Waals surface area contributed by atoms with Crippen molar-refractivity contribution in [2.45, 2.75) is 358 Å². The second-order valence-corrected chi connectivity index (χ2v) is 52.0. The van der Waals surface area contributed by atoms with Crippen LogP contribution in [0.2, 0.25) is 0 Å². The van der Waals surface area contributed by atoms with E-state index in [9.17, 15) is 51.0 Å². The van der Waals surface area contributed by atoms with Crippen LogP contribution in [0.5, 0.6) is 0 Å². The molecule has 6 atom stereocenters. The molecule has 775 valence electrons. The Morgan fingerprint density at radius 1 is 0.482 bits per heavy atom. The summed E-state index contributed by atoms with van der Waals surface area (Å²) < 4.78 is 56.8. The van der Waals surface area contributed by atoms with Crippen LogP contribution >= 0.6 is 125 Å². The van der Waals surface area contributed by atoms with Crippen molar-refractivity contribution in [3.05, 3.63) is 244 Å². The van der Waals surface area contributed by atoms with Gasteiger partial charge < -0.3 is 27.3 Å². The molecule has 8 aromatic rings. The van der Waals surface area contributed by atoms with Crippen molar-refractivity contribution in [3.8, 4) is 0 Å². The number of aliphatic hydroxyl groups excluding tert-OH is 1. The van der Waals surface area contributed by atoms with Gasteiger partial charge in [0, 0.05) is 85.1 Å². The van der Waals surface area contributed by atoms with Crippen LogP contribution in [0.1, 0.15) is 340 Å². The summed E-state index contributed by atoms with van der Waals surface area (Å²) in [5.41, 5.74) is 25.1. The number of Topliss-reactive ketones (excluding diaryl/α,β-unsaturated/α-hetero) is 3. The van der Waals surface area contributed by atoms with Crippen molar-refractivity contribution >= 4 is 194 Å². The van der Waals surface area contributed by atoms with Crippen LogP contribution in [0, 0.1) is 111 Å². The second kappa shape index (κ2) is 76.1. The third kappa shape index (κ3) is 49.2. The van der Waals surface area contributed by atoms with Crippen LogP contribution in [0.4, 0.5) is 0 Å². The molecule has 0 fully saturated rings. The number of carboxylic acids is 1. The fourth-order valence-corrected chi connectivity index (χ4v) is 27.0. The molecule has 0 saturated carbocycles. The molecule has 0 saturated heterocycles. The summed E-state index contributed by atoms with van der Waals surface area (Å²) in [6.45, 7) is 55.7. The first-order chi connectivity index (χ1) is 63.5. The zero-order valence-electron chi connectivity index (χ0n) is 89.4. The van der Waals surface area contributed by atoms with E-state index in [2.05, 4.69) is 233 Å². The quantitative estimate of drug-likeness (QED) is 0.0127. The summed E-state index contributed by atoms with van der Waals surface area (Å²) in [6.07, 6.45) is 15.1. The molecule has 8 aromatic carbocycles. The number of ketones is 4. The Hall–Kier alpha value is -2.46. The smallest absolute Gasteiger partial charge is 1.00 e. The summed E-state index contributed by atoms with van der Waals surface area (Å²) in [5, 5.41) is 19.0. The SMILES string of the molecule is C.C=CC(=O)CC.CCC(=O)CCSc1cc(C)ccc1C.CCC(Cl)CCSc1cc(C)ccc1C.CCC(O)CCSc1cc(C)ccc1C.CCC1CCS(=O)(=O)c2c(C)cc(C(=O)O)c(C)c21.CCC1CCS(=O)(=O)c2c(C)cc(C(C)=O)c(C)c21.CCC1CCSc2c(C)cc(C(C)=O)c(C)c21.CCC1CCSc2c(C)ccc(C)c21.Cc1ccc(C)c(S)c1.O.O.[B].[Cl][Al]([Cl])[Cl].[H-].[Na+].[Na+].[O-]Cl. The molecule has 14 nitrogen and oxygen atoms in total. The average Bonchev–Trinajstić information content (AvgIpc) is 0.749. The number of halogens is 5. The summed E-state index contributed by atoms with van der Waals surface area (Å²) in [7, 11) is 8.37. The molecule has 6 unspecified atom stereocenters. The molecule has 4 aliphatic heterocycles. The van der Waals surface area contributed by atoms with Gasteiger partial charge in [0.05, 0.1) is 33.0 Å². The topological polar surface area (TPSA) is 280 Å². The van der Waals surface area contributed by atoms with Gasteiger partial charge in [0.1, 0.15) is 5.78 Å². The Balaban J connectivity index is -0.000000365. The number of fused-ring (bicyclic) bond motifs is 4. The van der Waals surface area contributed by atoms with Crippen molar-refractivity contribution in [2.24, 2.45) is 0 Å². The number of alkyl halides is 1. The van der Waals surface area contributed by atoms with Crippen molar-refractivity contribution in [3.63, 3.8) is 0 Å². The molecule has 4 aliphatic rings. The number of allylic oxidation sites excluding steroid dienone is 1. The molecule has 12 rings (SSSR count). The summed E-state index contributed by atoms with van der Waals surface area (Å²) in [5.74, 6) is 7.40. The van der Waals surface area contributed by atoms with Gasteiger partial charge >= 0.3 is 76.5 Å². The fraction of sp³-hybridized carbons (Fsp3) is 0.500. The molecular formula is C110H160AlBCl5Na2O14S8. The van der Waals surface area contributed by atoms with Gasteiger partial charge in [-0.15, -0.1) is 83.0 Å². The third-order valence-corrected chi connectivity index (χ3v) is 35.3. The van der Waals surface area contributed by atoms with Crippen LogP contribution in [0.3, 0.4) is 0 Å². The number of aryl methyl sites for hydroxylation is 13. The number of benzene rings is 8. The number of thioether (sulfide) groups is 5. The molecule has 0 amide bonds. The normalized spacial score (nSPS) is 15.0. The predicted molar refractivity (Wildman–Crippen MR) is 611 cm³/mol. The zero-order valence-corrected chi connectivity index (χ0v) is 104. The molecule has 141 heavy (non-hydrogen) atoms. The molecule has 0 aromatic heterocycles. The van der Waals surface area contributed by atoms with Gasteiger partial charge in [-0.1, -0.05) is 152 Å². The zero-order chi connectivity index (χ0) is 103. The van der Waals surface area contributed by atoms with E-state index in [1.807, 2.05) is 81.7 Å². The van der Waals surface area contributed by atoms with Crippen molar-refractivity contribution in [2.75, 3.05) is 40.3 Å². The maximum Gasteiger partial charge on any atom is 1.00 e. The number of hydrogen-bond acceptors (Lipinski definition) is 17. The van der Waals surface area contributed by atoms with Crippen LogP contribution in [0.25, 0.3) is 0 Å². The minimum atomic E-state index is -3.27. The van der Waals surface area contributed by atoms with Crippen molar-refractivity contribution in [1.29, 1.82) is 0 Å². The van der Waals surface area contributed by atoms with E-state index >= 15 is 0 Å². The van der Waals surface area contributed by atoms with Gasteiger partial charge in [0.25, 0.3) is 0 Å². The van der Waals surface area contributed by atoms with Gasteiger partial charge in [-0.3, -0.25) is 19.2 Å². The minimum absolute atomic E-state index is 0. The number of carboxylic acid groups (broad SMARTS) is 1. The number of thiol groups is 1. The molecule has 3 radical (unpaired) electrons. The Morgan fingerprint density at radius 2 is 0.816 bits per heavy atom. The molecular weight excluding hydrogens is 2060 g/mol. The first-order valence-corrected chi connectivity index (χ1v) is 61.6. The van der Waals surface area contributed by atoms with Crippen LogP contribution in [-0.2, 0) is 29.3 Å². The fourth-order valence-electron chi connectivity index (χ4n) is 16.2. The Kier molecular flexibility index (Phi) is 79.3. The van der Waals surface area contributed by atoms with Crippen molar-refractivity contribution < 1.29 is 127 Å². The third-order valence-electron chi connectivity index (χ3n) is 24.4. The van der Waals surface area contributed by atoms with Crippen LogP contribution < -0.4 is 63.8 Å². The number of hydrogen-bond donors (Lipinski definition) is 3. The summed E-state index contributed by atoms with van der Waals surface area (Å²) in [4.78, 5) is 64.9. The molecule has 31 heteroatoms. The van der Waals surface area contributed by atoms with E-state index < -0.39 is 37.0 Å². The van der Waals surface area contributed by atoms with Gasteiger partial charge in [-0.25, -0.2) is 63.6 Å². The second-order valence-electron chi connectivity index (χ2n) is 34.8. The molecule has 6 N–H and O–H groups in total. The van der Waals surface area contributed by atoms with Gasteiger partial charge in [0.2, 0.25) is 0 Å². The van der Waals surface area contributed by atoms with E-state index in [1.54, 1.807) is 56.0 Å². The Bertz CT molecular complexity index is 5290. The van der Waals surface area contributed by atoms with Crippen LogP contribution in [0.15, 0.2) is 155 Å². The predicted octanol–water partition coefficient (Wildman–Crippen LogP) is 24.4. The Morgan fingerprint density at radius 3 is 1.16 bits per heavy atom. The minimum Gasteiger partial charge on any atom is -1.00 e. The molecule has 0 spiro atoms. The number of aliphatic hydroxyl groups is 1. The number of carbonyl (C=O) groups is 5. The van der Waals surface area contributed by atoms with Crippen LogP contribution in [-0.4, -0.2) is 139 Å². The maximum absolute atomic E-state index is 12.3. The van der Waals surface area contributed by atoms with E-state index in [1.165, 1.54) is 148 Å². The summed E-state index contributed by atoms with van der Waals surface area (Å²) in [6, 6.07) is 35.6. The maximum atomic E-state index is 12.3. The number of carbonyl (C=O) groups excluding carboxylic acids is 4. The van der Waals surface area contributed by atoms with E-state index in [4.69, 9.17) is 46.4 Å².